The van der Waals surface area contributed by atoms with E-state index in [0.29, 0.717) is 18.8 Å². The van der Waals surface area contributed by atoms with Crippen molar-refractivity contribution >= 4 is 23.4 Å². The molecule has 104 valence electrons. The fourth-order valence-electron chi connectivity index (χ4n) is 1.46. The number of nitrogen functional groups attached to an aromatic ring is 1. The lowest BCUT2D eigenvalue weighted by atomic mass is 10.2. The largest absolute Gasteiger partial charge is 0.465 e. The van der Waals surface area contributed by atoms with Crippen LogP contribution >= 0.6 is 0 Å². The number of aromatic nitrogens is 1. The Morgan fingerprint density at radius 3 is 2.79 bits per heavy atom. The summed E-state index contributed by atoms with van der Waals surface area (Å²) in [5.41, 5.74) is 6.19. The molecule has 1 heterocycles. The van der Waals surface area contributed by atoms with Crippen molar-refractivity contribution < 1.29 is 14.3 Å². The van der Waals surface area contributed by atoms with E-state index in [1.54, 1.807) is 25.1 Å². The molecule has 0 fully saturated rings. The van der Waals surface area contributed by atoms with Crippen molar-refractivity contribution in [2.24, 2.45) is 0 Å². The summed E-state index contributed by atoms with van der Waals surface area (Å²) < 4.78 is 4.64. The number of nitrogens with zero attached hydrogens (tertiary/aromatic N) is 2. The first-order valence-corrected chi connectivity index (χ1v) is 5.75. The summed E-state index contributed by atoms with van der Waals surface area (Å²) in [7, 11) is 4.65. The number of ether oxygens (including phenoxy) is 1. The zero-order valence-corrected chi connectivity index (χ0v) is 11.3. The Hall–Kier alpha value is -2.31. The molecule has 7 nitrogen and oxygen atoms in total. The molecule has 1 rings (SSSR count). The topological polar surface area (TPSA) is 97.5 Å². The Balaban J connectivity index is 2.83. The molecule has 3 N–H and O–H groups in total. The van der Waals surface area contributed by atoms with Crippen molar-refractivity contribution in [1.29, 1.82) is 0 Å². The number of carbonyl (C=O) groups is 2. The van der Waals surface area contributed by atoms with Crippen molar-refractivity contribution in [2.75, 3.05) is 38.4 Å². The van der Waals surface area contributed by atoms with E-state index in [1.165, 1.54) is 13.3 Å². The van der Waals surface area contributed by atoms with E-state index >= 15 is 0 Å². The van der Waals surface area contributed by atoms with E-state index in [1.807, 2.05) is 0 Å². The van der Waals surface area contributed by atoms with Gasteiger partial charge in [-0.25, -0.2) is 9.78 Å². The van der Waals surface area contributed by atoms with Crippen molar-refractivity contribution in [3.63, 3.8) is 0 Å². The van der Waals surface area contributed by atoms with Crippen LogP contribution in [0.3, 0.4) is 0 Å². The van der Waals surface area contributed by atoms with Gasteiger partial charge in [0.25, 0.3) is 0 Å². The van der Waals surface area contributed by atoms with E-state index < -0.39 is 5.97 Å². The van der Waals surface area contributed by atoms with E-state index in [2.05, 4.69) is 15.0 Å². The molecule has 19 heavy (non-hydrogen) atoms. The average Bonchev–Trinajstić information content (AvgIpc) is 2.43. The molecule has 0 saturated carbocycles. The quantitative estimate of drug-likeness (QED) is 0.729. The number of nitrogens with one attached hydrogen (secondary N) is 1. The number of rotatable bonds is 5. The molecule has 1 amide bonds. The minimum atomic E-state index is -0.513. The van der Waals surface area contributed by atoms with Gasteiger partial charge >= 0.3 is 5.97 Å². The normalized spacial score (nSPS) is 9.84. The Morgan fingerprint density at radius 1 is 1.53 bits per heavy atom. The second-order valence-electron chi connectivity index (χ2n) is 3.97. The molecular formula is C12H18N4O3. The Labute approximate surface area is 111 Å². The Kier molecular flexibility index (Phi) is 5.11. The van der Waals surface area contributed by atoms with Crippen LogP contribution in [0.2, 0.25) is 0 Å². The highest BCUT2D eigenvalue weighted by atomic mass is 16.5. The van der Waals surface area contributed by atoms with Crippen molar-refractivity contribution in [3.8, 4) is 0 Å². The number of amides is 1. The molecule has 0 unspecified atom stereocenters. The third-order valence-electron chi connectivity index (χ3n) is 2.67. The van der Waals surface area contributed by atoms with Crippen LogP contribution in [-0.4, -0.2) is 44.6 Å². The highest BCUT2D eigenvalue weighted by Crippen LogP contribution is 2.18. The number of hydrogen-bond acceptors (Lipinski definition) is 6. The summed E-state index contributed by atoms with van der Waals surface area (Å²) in [6, 6.07) is 1.55. The van der Waals surface area contributed by atoms with Crippen LogP contribution in [0.4, 0.5) is 11.5 Å². The van der Waals surface area contributed by atoms with Crippen molar-refractivity contribution in [2.45, 2.75) is 6.42 Å². The SMILES string of the molecule is CNC(=O)CCN(C)c1cc(C(=O)OC)c(N)cn1. The van der Waals surface area contributed by atoms with E-state index in [4.69, 9.17) is 5.73 Å². The fourth-order valence-corrected chi connectivity index (χ4v) is 1.46. The lowest BCUT2D eigenvalue weighted by Crippen LogP contribution is -2.27. The van der Waals surface area contributed by atoms with Crippen LogP contribution in [0, 0.1) is 0 Å². The zero-order valence-electron chi connectivity index (χ0n) is 11.3. The van der Waals surface area contributed by atoms with Gasteiger partial charge in [0, 0.05) is 27.1 Å². The first-order chi connectivity index (χ1) is 8.99. The van der Waals surface area contributed by atoms with Crippen molar-refractivity contribution in [3.05, 3.63) is 17.8 Å². The van der Waals surface area contributed by atoms with Gasteiger partial charge in [-0.15, -0.1) is 0 Å². The summed E-state index contributed by atoms with van der Waals surface area (Å²) >= 11 is 0. The van der Waals surface area contributed by atoms with Crippen LogP contribution in [0.5, 0.6) is 0 Å². The first kappa shape index (κ1) is 14.7. The Morgan fingerprint density at radius 2 is 2.21 bits per heavy atom. The minimum Gasteiger partial charge on any atom is -0.465 e. The molecule has 0 atom stereocenters. The summed E-state index contributed by atoms with van der Waals surface area (Å²) in [4.78, 5) is 28.6. The average molecular weight is 266 g/mol. The lowest BCUT2D eigenvalue weighted by Gasteiger charge is -2.18. The Bertz CT molecular complexity index is 476. The maximum atomic E-state index is 11.5. The summed E-state index contributed by atoms with van der Waals surface area (Å²) in [5.74, 6) is -0.0187. The fraction of sp³-hybridized carbons (Fsp3) is 0.417. The highest BCUT2D eigenvalue weighted by Gasteiger charge is 2.13. The summed E-state index contributed by atoms with van der Waals surface area (Å²) in [5, 5.41) is 2.54. The van der Waals surface area contributed by atoms with Gasteiger partial charge in [0.1, 0.15) is 5.82 Å². The van der Waals surface area contributed by atoms with E-state index in [0.717, 1.165) is 0 Å². The molecule has 7 heteroatoms. The van der Waals surface area contributed by atoms with Crippen LogP contribution in [0.25, 0.3) is 0 Å². The maximum absolute atomic E-state index is 11.5. The molecule has 0 spiro atoms. The van der Waals surface area contributed by atoms with E-state index in [9.17, 15) is 9.59 Å². The summed E-state index contributed by atoms with van der Waals surface area (Å²) in [6.45, 7) is 0.483. The third kappa shape index (κ3) is 3.84. The highest BCUT2D eigenvalue weighted by molar-refractivity contribution is 5.95. The predicted molar refractivity (Wildman–Crippen MR) is 71.9 cm³/mol. The first-order valence-electron chi connectivity index (χ1n) is 5.75. The van der Waals surface area contributed by atoms with Gasteiger partial charge < -0.3 is 20.7 Å². The minimum absolute atomic E-state index is 0.0597. The zero-order chi connectivity index (χ0) is 14.4. The molecular weight excluding hydrogens is 248 g/mol. The van der Waals surface area contributed by atoms with Crippen LogP contribution in [0.15, 0.2) is 12.3 Å². The molecule has 0 aromatic carbocycles. The number of methoxy groups -OCH3 is 1. The van der Waals surface area contributed by atoms with Crippen LogP contribution in [0.1, 0.15) is 16.8 Å². The van der Waals surface area contributed by atoms with Gasteiger partial charge in [0.05, 0.1) is 24.6 Å². The molecule has 1 aromatic rings. The van der Waals surface area contributed by atoms with Crippen LogP contribution < -0.4 is 16.0 Å². The van der Waals surface area contributed by atoms with Gasteiger partial charge in [-0.3, -0.25) is 4.79 Å². The van der Waals surface area contributed by atoms with Gasteiger partial charge in [0.15, 0.2) is 0 Å². The second kappa shape index (κ2) is 6.58. The van der Waals surface area contributed by atoms with Gasteiger partial charge in [0.2, 0.25) is 5.91 Å². The lowest BCUT2D eigenvalue weighted by molar-refractivity contribution is -0.120. The number of carbonyl (C=O) groups excluding carboxylic acids is 2. The molecule has 1 aromatic heterocycles. The molecule has 0 aliphatic heterocycles. The van der Waals surface area contributed by atoms with Gasteiger partial charge in [-0.1, -0.05) is 0 Å². The van der Waals surface area contributed by atoms with Gasteiger partial charge in [-0.2, -0.15) is 0 Å². The van der Waals surface area contributed by atoms with Crippen LogP contribution in [-0.2, 0) is 9.53 Å². The molecule has 0 bridgehead atoms. The smallest absolute Gasteiger partial charge is 0.340 e. The molecule has 0 saturated heterocycles. The monoisotopic (exact) mass is 266 g/mol. The molecule has 0 aliphatic carbocycles. The number of anilines is 2. The molecule has 0 radical (unpaired) electrons. The third-order valence-corrected chi connectivity index (χ3v) is 2.67. The maximum Gasteiger partial charge on any atom is 0.340 e. The van der Waals surface area contributed by atoms with E-state index in [-0.39, 0.29) is 17.2 Å². The molecule has 0 aliphatic rings. The number of pyridine rings is 1. The number of esters is 1. The predicted octanol–water partition coefficient (Wildman–Crippen LogP) is 0.0227. The summed E-state index contributed by atoms with van der Waals surface area (Å²) in [6.07, 6.45) is 1.74. The number of nitrogens with two attached hydrogens (primary N) is 1. The standard InChI is InChI=1S/C12H18N4O3/c1-14-11(17)4-5-16(2)10-6-8(12(18)19-3)9(13)7-15-10/h6-7H,4-5,13H2,1-3H3,(H,14,17). The van der Waals surface area contributed by atoms with Gasteiger partial charge in [-0.05, 0) is 6.07 Å². The second-order valence-corrected chi connectivity index (χ2v) is 3.97. The van der Waals surface area contributed by atoms with Crippen molar-refractivity contribution in [1.82, 2.24) is 10.3 Å². The number of hydrogen-bond donors (Lipinski definition) is 2.